The van der Waals surface area contributed by atoms with E-state index in [1.165, 1.54) is 39.8 Å². The molecule has 2 aromatic rings. The van der Waals surface area contributed by atoms with Gasteiger partial charge in [-0.15, -0.1) is 33.3 Å². The van der Waals surface area contributed by atoms with Gasteiger partial charge in [0, 0.05) is 28.8 Å². The standard InChI is InChI=1S/C17H19N7O5S4.Na/c18-8(25)2-10-22-23-16(33-10)32-6-17(14(28)29)4-24-12(27)11(13(24)31-5-17)21-9(26)1-7-3-30-15(19)20-7;/h3,11,13H,1-2,4-6H2,(H2,18,25)(H2,19,20)(H,21,26)(H,28,29);/q;+1/p-1/t11?,13-,17?;/m1./s1. The van der Waals surface area contributed by atoms with Crippen LogP contribution in [0.25, 0.3) is 0 Å². The molecule has 0 spiro atoms. The minimum atomic E-state index is -1.29. The Labute approximate surface area is 232 Å². The minimum Gasteiger partial charge on any atom is -0.549 e. The maximum absolute atomic E-state index is 12.7. The zero-order valence-corrected chi connectivity index (χ0v) is 23.2. The Hall–Kier alpha value is -1.43. The first-order valence-electron chi connectivity index (χ1n) is 9.53. The van der Waals surface area contributed by atoms with Gasteiger partial charge in [0.15, 0.2) is 9.47 Å². The first kappa shape index (κ1) is 27.2. The van der Waals surface area contributed by atoms with Crippen LogP contribution in [0.2, 0.25) is 0 Å². The maximum Gasteiger partial charge on any atom is 1.00 e. The maximum atomic E-state index is 12.7. The summed E-state index contributed by atoms with van der Waals surface area (Å²) in [7, 11) is 0. The fourth-order valence-electron chi connectivity index (χ4n) is 3.41. The van der Waals surface area contributed by atoms with Crippen molar-refractivity contribution in [1.29, 1.82) is 0 Å². The van der Waals surface area contributed by atoms with Gasteiger partial charge in [-0.25, -0.2) is 4.98 Å². The number of nitrogen functional groups attached to an aromatic ring is 1. The van der Waals surface area contributed by atoms with Crippen LogP contribution in [-0.4, -0.2) is 73.2 Å². The Kier molecular flexibility index (Phi) is 8.86. The van der Waals surface area contributed by atoms with Crippen LogP contribution < -0.4 is 51.4 Å². The molecule has 5 N–H and O–H groups in total. The Morgan fingerprint density at radius 2 is 2.09 bits per heavy atom. The number of amides is 3. The summed E-state index contributed by atoms with van der Waals surface area (Å²) in [6.07, 6.45) is -0.0271. The van der Waals surface area contributed by atoms with Crippen LogP contribution in [0, 0.1) is 5.41 Å². The zero-order valence-electron chi connectivity index (χ0n) is 17.9. The molecule has 0 bridgehead atoms. The van der Waals surface area contributed by atoms with Crippen molar-refractivity contribution < 1.29 is 53.8 Å². The molecule has 2 fully saturated rings. The molecular weight excluding hydrogens is 533 g/mol. The number of carbonyl (C=O) groups excluding carboxylic acids is 4. The predicted octanol–water partition coefficient (Wildman–Crippen LogP) is -4.92. The number of carboxylic acid groups (broad SMARTS) is 1. The number of nitrogens with one attached hydrogen (secondary N) is 1. The topological polar surface area (TPSA) is 197 Å². The second-order valence-corrected chi connectivity index (χ2v) is 11.8. The smallest absolute Gasteiger partial charge is 0.549 e. The summed E-state index contributed by atoms with van der Waals surface area (Å²) in [4.78, 5) is 53.5. The molecule has 0 radical (unpaired) electrons. The number of nitrogens with zero attached hydrogens (tertiary/aromatic N) is 4. The summed E-state index contributed by atoms with van der Waals surface area (Å²) in [5.41, 5.74) is 9.95. The first-order valence-corrected chi connectivity index (χ1v) is 13.3. The van der Waals surface area contributed by atoms with Crippen LogP contribution in [0.3, 0.4) is 0 Å². The van der Waals surface area contributed by atoms with Crippen molar-refractivity contribution >= 4 is 75.0 Å². The molecule has 4 heterocycles. The van der Waals surface area contributed by atoms with Crippen molar-refractivity contribution in [3.63, 3.8) is 0 Å². The van der Waals surface area contributed by atoms with E-state index in [0.29, 0.717) is 20.2 Å². The molecule has 2 unspecified atom stereocenters. The SMILES string of the molecule is NC(=O)Cc1nnc(SCC2(C(=O)[O-])CS[C@@H]3C(NC(=O)Cc4csc(N)n4)C(=O)N3C2)s1.[Na+]. The van der Waals surface area contributed by atoms with Crippen molar-refractivity contribution in [1.82, 2.24) is 25.4 Å². The van der Waals surface area contributed by atoms with E-state index in [9.17, 15) is 24.3 Å². The van der Waals surface area contributed by atoms with Gasteiger partial charge in [-0.1, -0.05) is 23.1 Å². The number of primary amides is 1. The fourth-order valence-corrected chi connectivity index (χ4v) is 7.73. The quantitative estimate of drug-likeness (QED) is 0.153. The monoisotopic (exact) mass is 551 g/mol. The summed E-state index contributed by atoms with van der Waals surface area (Å²) >= 11 is 4.86. The summed E-state index contributed by atoms with van der Waals surface area (Å²) in [5, 5.41) is 24.7. The zero-order chi connectivity index (χ0) is 23.8. The van der Waals surface area contributed by atoms with Gasteiger partial charge in [0.2, 0.25) is 17.7 Å². The number of thiazole rings is 1. The molecule has 3 amide bonds. The van der Waals surface area contributed by atoms with Gasteiger partial charge in [0.05, 0.1) is 24.5 Å². The first-order chi connectivity index (χ1) is 15.7. The number of anilines is 1. The average molecular weight is 552 g/mol. The molecule has 34 heavy (non-hydrogen) atoms. The number of β-lactam (4-membered cyclic amide) rings is 1. The summed E-state index contributed by atoms with van der Waals surface area (Å²) in [6.45, 7) is -0.0270. The fraction of sp³-hybridized carbons (Fsp3) is 0.471. The predicted molar refractivity (Wildman–Crippen MR) is 121 cm³/mol. The Balaban J connectivity index is 0.00000324. The van der Waals surface area contributed by atoms with E-state index in [1.54, 1.807) is 5.38 Å². The number of carbonyl (C=O) groups is 4. The van der Waals surface area contributed by atoms with E-state index >= 15 is 0 Å². The largest absolute Gasteiger partial charge is 1.00 e. The van der Waals surface area contributed by atoms with Crippen LogP contribution in [0.5, 0.6) is 0 Å². The van der Waals surface area contributed by atoms with Gasteiger partial charge < -0.3 is 31.6 Å². The molecule has 12 nitrogen and oxygen atoms in total. The van der Waals surface area contributed by atoms with E-state index < -0.39 is 23.3 Å². The Morgan fingerprint density at radius 3 is 2.74 bits per heavy atom. The van der Waals surface area contributed by atoms with Gasteiger partial charge in [-0.3, -0.25) is 14.4 Å². The van der Waals surface area contributed by atoms with Crippen molar-refractivity contribution in [2.45, 2.75) is 28.6 Å². The van der Waals surface area contributed by atoms with Crippen molar-refractivity contribution in [3.05, 3.63) is 16.1 Å². The average Bonchev–Trinajstić information content (AvgIpc) is 3.38. The van der Waals surface area contributed by atoms with Gasteiger partial charge in [0.25, 0.3) is 0 Å². The number of hydrogen-bond donors (Lipinski definition) is 3. The molecule has 2 saturated heterocycles. The molecular formula is C17H18N7NaO5S4. The number of thioether (sulfide) groups is 2. The van der Waals surface area contributed by atoms with Crippen molar-refractivity contribution in [2.24, 2.45) is 11.1 Å². The van der Waals surface area contributed by atoms with Crippen molar-refractivity contribution in [3.8, 4) is 0 Å². The van der Waals surface area contributed by atoms with Crippen LogP contribution in [0.15, 0.2) is 9.72 Å². The van der Waals surface area contributed by atoms with E-state index in [4.69, 9.17) is 11.5 Å². The molecule has 17 heteroatoms. The molecule has 176 valence electrons. The molecule has 0 aromatic carbocycles. The van der Waals surface area contributed by atoms with Crippen LogP contribution in [-0.2, 0) is 32.0 Å². The minimum absolute atomic E-state index is 0. The van der Waals surface area contributed by atoms with E-state index in [-0.39, 0.29) is 77.6 Å². The number of hydrogen-bond acceptors (Lipinski definition) is 13. The Bertz CT molecular complexity index is 1110. The normalized spacial score (nSPS) is 23.4. The second-order valence-electron chi connectivity index (χ2n) is 7.53. The molecule has 2 aliphatic rings. The molecule has 0 saturated carbocycles. The number of fused-ring (bicyclic) bond motifs is 1. The summed E-state index contributed by atoms with van der Waals surface area (Å²) < 4.78 is 0.502. The van der Waals surface area contributed by atoms with Crippen LogP contribution in [0.4, 0.5) is 5.13 Å². The molecule has 2 aliphatic heterocycles. The number of rotatable bonds is 9. The number of carboxylic acids is 1. The number of nitrogens with two attached hydrogens (primary N) is 2. The van der Waals surface area contributed by atoms with Gasteiger partial charge in [0.1, 0.15) is 16.4 Å². The third-order valence-corrected chi connectivity index (χ3v) is 9.71. The van der Waals surface area contributed by atoms with Gasteiger partial charge in [-0.05, 0) is 0 Å². The van der Waals surface area contributed by atoms with Gasteiger partial charge in [-0.2, -0.15) is 0 Å². The third kappa shape index (κ3) is 5.85. The van der Waals surface area contributed by atoms with E-state index in [0.717, 1.165) is 11.3 Å². The third-order valence-electron chi connectivity index (χ3n) is 5.05. The van der Waals surface area contributed by atoms with Gasteiger partial charge >= 0.3 is 29.6 Å². The number of aromatic nitrogens is 3. The summed E-state index contributed by atoms with van der Waals surface area (Å²) in [5.74, 6) is -2.16. The van der Waals surface area contributed by atoms with Crippen LogP contribution >= 0.6 is 46.2 Å². The van der Waals surface area contributed by atoms with E-state index in [1.807, 2.05) is 0 Å². The van der Waals surface area contributed by atoms with Crippen LogP contribution in [0.1, 0.15) is 10.7 Å². The molecule has 4 rings (SSSR count). The molecule has 2 aromatic heterocycles. The summed E-state index contributed by atoms with van der Waals surface area (Å²) in [6, 6.07) is -0.717. The second kappa shape index (κ2) is 11.1. The Morgan fingerprint density at radius 1 is 1.32 bits per heavy atom. The van der Waals surface area contributed by atoms with E-state index in [2.05, 4.69) is 20.5 Å². The number of aliphatic carboxylic acids is 1. The molecule has 3 atom stereocenters. The molecule has 0 aliphatic carbocycles. The van der Waals surface area contributed by atoms with Crippen molar-refractivity contribution in [2.75, 3.05) is 23.8 Å².